The first-order chi connectivity index (χ1) is 8.61. The highest BCUT2D eigenvalue weighted by Gasteiger charge is 2.06. The van der Waals surface area contributed by atoms with Gasteiger partial charge in [-0.25, -0.2) is 0 Å². The Hall–Kier alpha value is -1.06. The second kappa shape index (κ2) is 8.11. The van der Waals surface area contributed by atoms with E-state index in [1.54, 1.807) is 12.1 Å². The number of aliphatic hydroxyl groups is 1. The fourth-order valence-corrected chi connectivity index (χ4v) is 1.92. The van der Waals surface area contributed by atoms with Gasteiger partial charge in [-0.1, -0.05) is 25.5 Å². The molecule has 0 heterocycles. The van der Waals surface area contributed by atoms with Crippen molar-refractivity contribution in [2.75, 3.05) is 6.54 Å². The van der Waals surface area contributed by atoms with E-state index in [0.717, 1.165) is 25.7 Å². The summed E-state index contributed by atoms with van der Waals surface area (Å²) >= 11 is 0. The SMILES string of the molecule is CCCC(O)CNC(C)CCc1ccc(O)cc1. The van der Waals surface area contributed by atoms with E-state index in [0.29, 0.717) is 18.3 Å². The Morgan fingerprint density at radius 1 is 1.17 bits per heavy atom. The summed E-state index contributed by atoms with van der Waals surface area (Å²) in [6.45, 7) is 4.89. The Labute approximate surface area is 110 Å². The van der Waals surface area contributed by atoms with Crippen molar-refractivity contribution in [3.8, 4) is 5.75 Å². The van der Waals surface area contributed by atoms with Crippen LogP contribution in [0, 0.1) is 0 Å². The third kappa shape index (κ3) is 6.03. The molecule has 0 aromatic heterocycles. The molecular weight excluding hydrogens is 226 g/mol. The van der Waals surface area contributed by atoms with Crippen LogP contribution in [0.25, 0.3) is 0 Å². The molecule has 1 aromatic rings. The summed E-state index contributed by atoms with van der Waals surface area (Å²) in [5, 5.41) is 22.2. The van der Waals surface area contributed by atoms with Crippen molar-refractivity contribution in [1.82, 2.24) is 5.32 Å². The fraction of sp³-hybridized carbons (Fsp3) is 0.600. The van der Waals surface area contributed by atoms with Crippen LogP contribution in [-0.4, -0.2) is 28.9 Å². The molecule has 102 valence electrons. The van der Waals surface area contributed by atoms with Crippen LogP contribution in [0.5, 0.6) is 5.75 Å². The van der Waals surface area contributed by atoms with Gasteiger partial charge in [0.15, 0.2) is 0 Å². The molecule has 0 saturated heterocycles. The van der Waals surface area contributed by atoms with Gasteiger partial charge in [0.05, 0.1) is 6.10 Å². The van der Waals surface area contributed by atoms with Crippen LogP contribution >= 0.6 is 0 Å². The zero-order chi connectivity index (χ0) is 13.4. The predicted molar refractivity (Wildman–Crippen MR) is 74.8 cm³/mol. The van der Waals surface area contributed by atoms with Gasteiger partial charge in [-0.15, -0.1) is 0 Å². The summed E-state index contributed by atoms with van der Waals surface area (Å²) < 4.78 is 0. The molecule has 18 heavy (non-hydrogen) atoms. The van der Waals surface area contributed by atoms with E-state index in [-0.39, 0.29) is 6.10 Å². The number of rotatable bonds is 8. The molecule has 0 fully saturated rings. The van der Waals surface area contributed by atoms with Gasteiger partial charge in [0, 0.05) is 12.6 Å². The van der Waals surface area contributed by atoms with Crippen LogP contribution < -0.4 is 5.32 Å². The molecule has 0 aliphatic rings. The smallest absolute Gasteiger partial charge is 0.115 e. The van der Waals surface area contributed by atoms with Crippen molar-refractivity contribution in [3.63, 3.8) is 0 Å². The molecular formula is C15H25NO2. The first kappa shape index (κ1) is 15.0. The Morgan fingerprint density at radius 2 is 1.83 bits per heavy atom. The average molecular weight is 251 g/mol. The topological polar surface area (TPSA) is 52.5 Å². The number of aliphatic hydroxyl groups excluding tert-OH is 1. The van der Waals surface area contributed by atoms with Gasteiger partial charge in [-0.2, -0.15) is 0 Å². The van der Waals surface area contributed by atoms with Crippen molar-refractivity contribution < 1.29 is 10.2 Å². The number of phenolic OH excluding ortho intramolecular Hbond substituents is 1. The molecule has 1 rings (SSSR count). The minimum atomic E-state index is -0.230. The van der Waals surface area contributed by atoms with Gasteiger partial charge in [0.1, 0.15) is 5.75 Å². The maximum Gasteiger partial charge on any atom is 0.115 e. The van der Waals surface area contributed by atoms with Gasteiger partial charge < -0.3 is 15.5 Å². The van der Waals surface area contributed by atoms with Crippen molar-refractivity contribution in [3.05, 3.63) is 29.8 Å². The highest BCUT2D eigenvalue weighted by Crippen LogP contribution is 2.11. The van der Waals surface area contributed by atoms with Crippen LogP contribution in [0.15, 0.2) is 24.3 Å². The molecule has 3 nitrogen and oxygen atoms in total. The Bertz CT molecular complexity index is 324. The first-order valence-corrected chi connectivity index (χ1v) is 6.81. The van der Waals surface area contributed by atoms with Gasteiger partial charge >= 0.3 is 0 Å². The summed E-state index contributed by atoms with van der Waals surface area (Å²) in [6, 6.07) is 7.74. The van der Waals surface area contributed by atoms with Crippen LogP contribution in [0.1, 0.15) is 38.7 Å². The normalized spacial score (nSPS) is 14.4. The standard InChI is InChI=1S/C15H25NO2/c1-3-4-15(18)11-16-12(2)5-6-13-7-9-14(17)10-8-13/h7-10,12,15-18H,3-6,11H2,1-2H3. The van der Waals surface area contributed by atoms with E-state index in [2.05, 4.69) is 19.2 Å². The summed E-state index contributed by atoms with van der Waals surface area (Å²) in [4.78, 5) is 0. The Morgan fingerprint density at radius 3 is 2.44 bits per heavy atom. The minimum Gasteiger partial charge on any atom is -0.508 e. The molecule has 1 aromatic carbocycles. The maximum absolute atomic E-state index is 9.62. The zero-order valence-corrected chi connectivity index (χ0v) is 11.4. The van der Waals surface area contributed by atoms with E-state index in [1.165, 1.54) is 5.56 Å². The molecule has 0 saturated carbocycles. The molecule has 0 aliphatic heterocycles. The van der Waals surface area contributed by atoms with Gasteiger partial charge in [-0.3, -0.25) is 0 Å². The third-order valence-electron chi connectivity index (χ3n) is 3.13. The van der Waals surface area contributed by atoms with Crippen molar-refractivity contribution >= 4 is 0 Å². The van der Waals surface area contributed by atoms with Crippen LogP contribution in [0.2, 0.25) is 0 Å². The minimum absolute atomic E-state index is 0.230. The zero-order valence-electron chi connectivity index (χ0n) is 11.4. The summed E-state index contributed by atoms with van der Waals surface area (Å²) in [7, 11) is 0. The van der Waals surface area contributed by atoms with Crippen molar-refractivity contribution in [1.29, 1.82) is 0 Å². The highest BCUT2D eigenvalue weighted by molar-refractivity contribution is 5.25. The number of benzene rings is 1. The van der Waals surface area contributed by atoms with E-state index in [1.807, 2.05) is 12.1 Å². The van der Waals surface area contributed by atoms with E-state index in [4.69, 9.17) is 0 Å². The summed E-state index contributed by atoms with van der Waals surface area (Å²) in [5.41, 5.74) is 1.23. The first-order valence-electron chi connectivity index (χ1n) is 6.81. The number of hydrogen-bond donors (Lipinski definition) is 3. The summed E-state index contributed by atoms with van der Waals surface area (Å²) in [6.07, 6.45) is 3.66. The van der Waals surface area contributed by atoms with Crippen molar-refractivity contribution in [2.24, 2.45) is 0 Å². The second-order valence-corrected chi connectivity index (χ2v) is 4.96. The molecule has 0 amide bonds. The molecule has 3 heteroatoms. The third-order valence-corrected chi connectivity index (χ3v) is 3.13. The van der Waals surface area contributed by atoms with Crippen LogP contribution in [0.4, 0.5) is 0 Å². The lowest BCUT2D eigenvalue weighted by Gasteiger charge is -2.16. The molecule has 0 aliphatic carbocycles. The van der Waals surface area contributed by atoms with Gasteiger partial charge in [0.2, 0.25) is 0 Å². The predicted octanol–water partition coefficient (Wildman–Crippen LogP) is 2.46. The summed E-state index contributed by atoms with van der Waals surface area (Å²) in [5.74, 6) is 0.313. The number of aryl methyl sites for hydroxylation is 1. The monoisotopic (exact) mass is 251 g/mol. The lowest BCUT2D eigenvalue weighted by Crippen LogP contribution is -2.34. The fourth-order valence-electron chi connectivity index (χ4n) is 1.92. The number of hydrogen-bond acceptors (Lipinski definition) is 3. The number of phenols is 1. The van der Waals surface area contributed by atoms with Crippen molar-refractivity contribution in [2.45, 2.75) is 51.7 Å². The highest BCUT2D eigenvalue weighted by atomic mass is 16.3. The second-order valence-electron chi connectivity index (χ2n) is 4.96. The quantitative estimate of drug-likeness (QED) is 0.665. The Balaban J connectivity index is 2.20. The maximum atomic E-state index is 9.62. The van der Waals surface area contributed by atoms with E-state index in [9.17, 15) is 10.2 Å². The van der Waals surface area contributed by atoms with Crippen LogP contribution in [-0.2, 0) is 6.42 Å². The van der Waals surface area contributed by atoms with Gasteiger partial charge in [0.25, 0.3) is 0 Å². The molecule has 2 unspecified atom stereocenters. The lowest BCUT2D eigenvalue weighted by atomic mass is 10.1. The van der Waals surface area contributed by atoms with E-state index < -0.39 is 0 Å². The Kier molecular flexibility index (Phi) is 6.76. The average Bonchev–Trinajstić information content (AvgIpc) is 2.36. The van der Waals surface area contributed by atoms with E-state index >= 15 is 0 Å². The number of aromatic hydroxyl groups is 1. The van der Waals surface area contributed by atoms with Crippen LogP contribution in [0.3, 0.4) is 0 Å². The number of nitrogens with one attached hydrogen (secondary N) is 1. The molecule has 0 radical (unpaired) electrons. The largest absolute Gasteiger partial charge is 0.508 e. The molecule has 0 spiro atoms. The van der Waals surface area contributed by atoms with Gasteiger partial charge in [-0.05, 0) is 43.9 Å². The lowest BCUT2D eigenvalue weighted by molar-refractivity contribution is 0.156. The molecule has 3 N–H and O–H groups in total. The molecule has 0 bridgehead atoms. The molecule has 2 atom stereocenters.